The number of hydrogen-bond acceptors (Lipinski definition) is 3. The number of nitrogens with one attached hydrogen (secondary N) is 1. The maximum Gasteiger partial charge on any atom is 0.318 e. The Morgan fingerprint density at radius 1 is 1.54 bits per heavy atom. The van der Waals surface area contributed by atoms with Crippen LogP contribution in [-0.4, -0.2) is 33.6 Å². The van der Waals surface area contributed by atoms with E-state index in [0.29, 0.717) is 30.7 Å². The molecule has 2 heterocycles. The van der Waals surface area contributed by atoms with Crippen LogP contribution in [0, 0.1) is 0 Å². The molecular weight excluding hydrogens is 326 g/mol. The minimum atomic E-state index is -0.130. The zero-order chi connectivity index (χ0) is 17.1. The Hall–Kier alpha value is -2.05. The lowest BCUT2D eigenvalue weighted by Crippen LogP contribution is -2.43. The van der Waals surface area contributed by atoms with Gasteiger partial charge in [0.2, 0.25) is 0 Å². The fourth-order valence-electron chi connectivity index (χ4n) is 3.16. The molecule has 0 saturated carbocycles. The van der Waals surface area contributed by atoms with Gasteiger partial charge in [-0.15, -0.1) is 0 Å². The summed E-state index contributed by atoms with van der Waals surface area (Å²) in [7, 11) is 0. The number of imidazole rings is 1. The lowest BCUT2D eigenvalue weighted by Gasteiger charge is -2.24. The van der Waals surface area contributed by atoms with Crippen LogP contribution < -0.4 is 11.1 Å². The standard InChI is InChI=1S/C17H22ClN5O/c1-12-9-15(16-20-6-8-23(12)16)21-17(24)22(7-5-19)11-13-3-2-4-14(18)10-13/h2-4,6,8,10,12,15H,5,7,9,11,19H2,1H3,(H,21,24). The average Bonchev–Trinajstić information content (AvgIpc) is 3.12. The van der Waals surface area contributed by atoms with Crippen molar-refractivity contribution in [1.29, 1.82) is 0 Å². The maximum atomic E-state index is 12.7. The molecule has 128 valence electrons. The highest BCUT2D eigenvalue weighted by Gasteiger charge is 2.31. The Morgan fingerprint density at radius 2 is 2.38 bits per heavy atom. The van der Waals surface area contributed by atoms with Crippen molar-refractivity contribution >= 4 is 17.6 Å². The van der Waals surface area contributed by atoms with Crippen molar-refractivity contribution in [3.05, 3.63) is 53.1 Å². The lowest BCUT2D eigenvalue weighted by molar-refractivity contribution is 0.192. The van der Waals surface area contributed by atoms with Gasteiger partial charge in [0.25, 0.3) is 0 Å². The SMILES string of the molecule is CC1CC(NC(=O)N(CCN)Cc2cccc(Cl)c2)c2nccn21. The van der Waals surface area contributed by atoms with Crippen molar-refractivity contribution in [1.82, 2.24) is 19.8 Å². The number of amides is 2. The molecule has 2 unspecified atom stereocenters. The van der Waals surface area contributed by atoms with Gasteiger partial charge in [-0.1, -0.05) is 23.7 Å². The zero-order valence-corrected chi connectivity index (χ0v) is 14.4. The number of carbonyl (C=O) groups is 1. The molecule has 0 saturated heterocycles. The third-order valence-electron chi connectivity index (χ3n) is 4.31. The van der Waals surface area contributed by atoms with Gasteiger partial charge in [0, 0.05) is 43.1 Å². The molecule has 3 rings (SSSR count). The van der Waals surface area contributed by atoms with Crippen LogP contribution in [0.3, 0.4) is 0 Å². The first kappa shape index (κ1) is 16.8. The van der Waals surface area contributed by atoms with Gasteiger partial charge < -0.3 is 20.5 Å². The second kappa shape index (κ2) is 7.23. The molecule has 2 atom stereocenters. The first-order chi connectivity index (χ1) is 11.6. The summed E-state index contributed by atoms with van der Waals surface area (Å²) in [6, 6.07) is 7.65. The number of nitrogens with zero attached hydrogens (tertiary/aromatic N) is 3. The number of fused-ring (bicyclic) bond motifs is 1. The Morgan fingerprint density at radius 3 is 3.12 bits per heavy atom. The molecule has 1 aromatic carbocycles. The van der Waals surface area contributed by atoms with E-state index in [1.54, 1.807) is 11.1 Å². The van der Waals surface area contributed by atoms with Crippen molar-refractivity contribution in [2.24, 2.45) is 5.73 Å². The van der Waals surface area contributed by atoms with E-state index in [2.05, 4.69) is 21.8 Å². The van der Waals surface area contributed by atoms with E-state index in [1.807, 2.05) is 30.5 Å². The quantitative estimate of drug-likeness (QED) is 0.873. The third kappa shape index (κ3) is 3.55. The van der Waals surface area contributed by atoms with E-state index >= 15 is 0 Å². The predicted octanol–water partition coefficient (Wildman–Crippen LogP) is 2.71. The van der Waals surface area contributed by atoms with Gasteiger partial charge in [0.05, 0.1) is 6.04 Å². The Balaban J connectivity index is 1.69. The zero-order valence-electron chi connectivity index (χ0n) is 13.7. The van der Waals surface area contributed by atoms with Crippen molar-refractivity contribution in [3.63, 3.8) is 0 Å². The smallest absolute Gasteiger partial charge is 0.318 e. The Kier molecular flexibility index (Phi) is 5.06. The largest absolute Gasteiger partial charge is 0.330 e. The van der Waals surface area contributed by atoms with Gasteiger partial charge in [0.1, 0.15) is 5.82 Å². The average molecular weight is 348 g/mol. The molecule has 3 N–H and O–H groups in total. The minimum Gasteiger partial charge on any atom is -0.330 e. The number of rotatable bonds is 5. The molecule has 7 heteroatoms. The number of nitrogens with two attached hydrogens (primary N) is 1. The second-order valence-corrected chi connectivity index (χ2v) is 6.56. The number of hydrogen-bond donors (Lipinski definition) is 2. The summed E-state index contributed by atoms with van der Waals surface area (Å²) in [6.45, 7) is 3.49. The number of benzene rings is 1. The second-order valence-electron chi connectivity index (χ2n) is 6.12. The normalized spacial score (nSPS) is 19.1. The first-order valence-corrected chi connectivity index (χ1v) is 8.49. The number of aromatic nitrogens is 2. The van der Waals surface area contributed by atoms with Crippen LogP contribution in [0.1, 0.15) is 36.8 Å². The van der Waals surface area contributed by atoms with Gasteiger partial charge in [-0.05, 0) is 31.0 Å². The third-order valence-corrected chi connectivity index (χ3v) is 4.54. The summed E-state index contributed by atoms with van der Waals surface area (Å²) in [5.74, 6) is 0.909. The van der Waals surface area contributed by atoms with Gasteiger partial charge in [-0.25, -0.2) is 9.78 Å². The first-order valence-electron chi connectivity index (χ1n) is 8.11. The van der Waals surface area contributed by atoms with Crippen LogP contribution >= 0.6 is 11.6 Å². The molecule has 0 spiro atoms. The van der Waals surface area contributed by atoms with Gasteiger partial charge in [-0.2, -0.15) is 0 Å². The molecule has 24 heavy (non-hydrogen) atoms. The number of carbonyl (C=O) groups excluding carboxylic acids is 1. The van der Waals surface area contributed by atoms with E-state index in [1.165, 1.54) is 0 Å². The number of halogens is 1. The molecule has 0 fully saturated rings. The van der Waals surface area contributed by atoms with Crippen LogP contribution in [0.2, 0.25) is 5.02 Å². The van der Waals surface area contributed by atoms with E-state index < -0.39 is 0 Å². The fourth-order valence-corrected chi connectivity index (χ4v) is 3.37. The van der Waals surface area contributed by atoms with Crippen LogP contribution in [0.4, 0.5) is 4.79 Å². The van der Waals surface area contributed by atoms with E-state index in [0.717, 1.165) is 17.8 Å². The minimum absolute atomic E-state index is 0.0675. The predicted molar refractivity (Wildman–Crippen MR) is 93.7 cm³/mol. The van der Waals surface area contributed by atoms with Gasteiger partial charge >= 0.3 is 6.03 Å². The van der Waals surface area contributed by atoms with Crippen molar-refractivity contribution in [3.8, 4) is 0 Å². The maximum absolute atomic E-state index is 12.7. The lowest BCUT2D eigenvalue weighted by atomic mass is 10.1. The Labute approximate surface area is 146 Å². The van der Waals surface area contributed by atoms with Crippen molar-refractivity contribution in [2.45, 2.75) is 32.0 Å². The van der Waals surface area contributed by atoms with Gasteiger partial charge in [0.15, 0.2) is 0 Å². The molecule has 2 amide bonds. The van der Waals surface area contributed by atoms with Crippen LogP contribution in [0.25, 0.3) is 0 Å². The van der Waals surface area contributed by atoms with Crippen LogP contribution in [0.15, 0.2) is 36.7 Å². The summed E-state index contributed by atoms with van der Waals surface area (Å²) < 4.78 is 2.11. The van der Waals surface area contributed by atoms with E-state index in [4.69, 9.17) is 17.3 Å². The van der Waals surface area contributed by atoms with E-state index in [9.17, 15) is 4.79 Å². The molecule has 6 nitrogen and oxygen atoms in total. The molecule has 1 aliphatic rings. The van der Waals surface area contributed by atoms with Crippen LogP contribution in [-0.2, 0) is 6.54 Å². The molecule has 1 aromatic heterocycles. The topological polar surface area (TPSA) is 76.2 Å². The molecule has 0 bridgehead atoms. The summed E-state index contributed by atoms with van der Waals surface area (Å²) in [5.41, 5.74) is 6.66. The summed E-state index contributed by atoms with van der Waals surface area (Å²) in [6.07, 6.45) is 4.58. The summed E-state index contributed by atoms with van der Waals surface area (Å²) >= 11 is 6.03. The molecule has 0 radical (unpaired) electrons. The molecule has 0 aliphatic carbocycles. The summed E-state index contributed by atoms with van der Waals surface area (Å²) in [5, 5.41) is 3.75. The van der Waals surface area contributed by atoms with Crippen molar-refractivity contribution < 1.29 is 4.79 Å². The van der Waals surface area contributed by atoms with E-state index in [-0.39, 0.29) is 12.1 Å². The molecule has 2 aromatic rings. The fraction of sp³-hybridized carbons (Fsp3) is 0.412. The summed E-state index contributed by atoms with van der Waals surface area (Å²) in [4.78, 5) is 18.8. The Bertz CT molecular complexity index is 717. The highest BCUT2D eigenvalue weighted by molar-refractivity contribution is 6.30. The highest BCUT2D eigenvalue weighted by atomic mass is 35.5. The highest BCUT2D eigenvalue weighted by Crippen LogP contribution is 2.32. The van der Waals surface area contributed by atoms with Crippen molar-refractivity contribution in [2.75, 3.05) is 13.1 Å². The molecule has 1 aliphatic heterocycles. The monoisotopic (exact) mass is 347 g/mol. The molecular formula is C17H22ClN5O. The number of urea groups is 1. The van der Waals surface area contributed by atoms with Gasteiger partial charge in [-0.3, -0.25) is 0 Å². The van der Waals surface area contributed by atoms with Crippen LogP contribution in [0.5, 0.6) is 0 Å².